The maximum Gasteiger partial charge on any atom is 0.115 e. The van der Waals surface area contributed by atoms with E-state index in [1.54, 1.807) is 12.1 Å². The van der Waals surface area contributed by atoms with Crippen LogP contribution in [0.1, 0.15) is 27.7 Å². The lowest BCUT2D eigenvalue weighted by Crippen LogP contribution is -2.18. The molecule has 2 rings (SSSR count). The molecule has 0 aliphatic carbocycles. The van der Waals surface area contributed by atoms with Gasteiger partial charge in [-0.2, -0.15) is 0 Å². The van der Waals surface area contributed by atoms with E-state index in [-0.39, 0.29) is 23.2 Å². The van der Waals surface area contributed by atoms with Crippen LogP contribution in [-0.4, -0.2) is 5.11 Å². The first kappa shape index (κ1) is 8.40. The molecule has 0 amide bonds. The smallest absolute Gasteiger partial charge is 0.115 e. The normalized spacial score (nSPS) is 13.1. The van der Waals surface area contributed by atoms with Crippen molar-refractivity contribution in [3.05, 3.63) is 65.7 Å². The molecule has 0 saturated carbocycles. The van der Waals surface area contributed by atoms with Crippen LogP contribution in [0.3, 0.4) is 0 Å². The first-order chi connectivity index (χ1) is 8.43. The SMILES string of the molecule is [2H]c1cc(C(C)(C)c2ccccc2)cc([2H])c1O. The van der Waals surface area contributed by atoms with E-state index in [2.05, 4.69) is 0 Å². The molecule has 82 valence electrons. The third-order valence-electron chi connectivity index (χ3n) is 2.95. The van der Waals surface area contributed by atoms with Crippen LogP contribution >= 0.6 is 0 Å². The molecule has 0 atom stereocenters. The zero-order valence-corrected chi connectivity index (χ0v) is 9.49. The van der Waals surface area contributed by atoms with Crippen molar-refractivity contribution < 1.29 is 7.85 Å². The van der Waals surface area contributed by atoms with Crippen LogP contribution in [0.2, 0.25) is 0 Å². The van der Waals surface area contributed by atoms with Crippen molar-refractivity contribution >= 4 is 0 Å². The molecule has 0 fully saturated rings. The number of hydrogen-bond donors (Lipinski definition) is 1. The largest absolute Gasteiger partial charge is 0.508 e. The van der Waals surface area contributed by atoms with Crippen molar-refractivity contribution in [1.29, 1.82) is 0 Å². The molecule has 0 bridgehead atoms. The van der Waals surface area contributed by atoms with Crippen molar-refractivity contribution in [3.8, 4) is 5.75 Å². The average molecular weight is 214 g/mol. The van der Waals surface area contributed by atoms with Crippen LogP contribution in [0, 0.1) is 0 Å². The molecule has 0 heterocycles. The number of hydrogen-bond acceptors (Lipinski definition) is 1. The van der Waals surface area contributed by atoms with Gasteiger partial charge in [0.2, 0.25) is 0 Å². The van der Waals surface area contributed by atoms with Gasteiger partial charge in [0.15, 0.2) is 0 Å². The summed E-state index contributed by atoms with van der Waals surface area (Å²) in [7, 11) is 0. The summed E-state index contributed by atoms with van der Waals surface area (Å²) in [5.74, 6) is -0.261. The van der Waals surface area contributed by atoms with E-state index in [1.807, 2.05) is 44.2 Å². The summed E-state index contributed by atoms with van der Waals surface area (Å²) >= 11 is 0. The van der Waals surface area contributed by atoms with E-state index in [0.29, 0.717) is 0 Å². The zero-order valence-electron chi connectivity index (χ0n) is 11.5. The van der Waals surface area contributed by atoms with E-state index < -0.39 is 0 Å². The van der Waals surface area contributed by atoms with Crippen LogP contribution in [0.25, 0.3) is 0 Å². The van der Waals surface area contributed by atoms with Crippen molar-refractivity contribution in [2.75, 3.05) is 0 Å². The second-order valence-electron chi connectivity index (χ2n) is 4.37. The third-order valence-corrected chi connectivity index (χ3v) is 2.95. The molecule has 1 N–H and O–H groups in total. The van der Waals surface area contributed by atoms with E-state index in [1.165, 1.54) is 0 Å². The predicted octanol–water partition coefficient (Wildman–Crippen LogP) is 3.72. The molecule has 0 aliphatic heterocycles. The number of aromatic hydroxyl groups is 1. The highest BCUT2D eigenvalue weighted by Crippen LogP contribution is 2.31. The third kappa shape index (κ3) is 1.94. The van der Waals surface area contributed by atoms with Crippen LogP contribution < -0.4 is 0 Å². The Kier molecular flexibility index (Phi) is 2.11. The van der Waals surface area contributed by atoms with Crippen molar-refractivity contribution in [3.63, 3.8) is 0 Å². The Morgan fingerprint density at radius 1 is 0.938 bits per heavy atom. The molecule has 2 aromatic carbocycles. The first-order valence-corrected chi connectivity index (χ1v) is 5.29. The van der Waals surface area contributed by atoms with Crippen LogP contribution in [-0.2, 0) is 5.41 Å². The highest BCUT2D eigenvalue weighted by atomic mass is 16.3. The highest BCUT2D eigenvalue weighted by molar-refractivity contribution is 5.39. The Bertz CT molecular complexity index is 539. The van der Waals surface area contributed by atoms with Crippen LogP contribution in [0.5, 0.6) is 5.75 Å². The molecule has 2 aromatic rings. The molecule has 1 heteroatoms. The summed E-state index contributed by atoms with van der Waals surface area (Å²) in [4.78, 5) is 0. The highest BCUT2D eigenvalue weighted by Gasteiger charge is 2.22. The van der Waals surface area contributed by atoms with Gasteiger partial charge in [0.1, 0.15) is 5.75 Å². The van der Waals surface area contributed by atoms with Crippen LogP contribution in [0.15, 0.2) is 54.5 Å². The van der Waals surface area contributed by atoms with E-state index in [0.717, 1.165) is 11.1 Å². The fourth-order valence-electron chi connectivity index (χ4n) is 1.76. The summed E-state index contributed by atoms with van der Waals surface area (Å²) in [6.07, 6.45) is 0. The van der Waals surface area contributed by atoms with Crippen LogP contribution in [0.4, 0.5) is 0 Å². The molecule has 0 radical (unpaired) electrons. The maximum absolute atomic E-state index is 9.49. The van der Waals surface area contributed by atoms with E-state index >= 15 is 0 Å². The second kappa shape index (κ2) is 4.01. The molecule has 16 heavy (non-hydrogen) atoms. The maximum atomic E-state index is 9.49. The molecule has 0 saturated heterocycles. The van der Waals surface area contributed by atoms with Crippen molar-refractivity contribution in [2.45, 2.75) is 19.3 Å². The lowest BCUT2D eigenvalue weighted by molar-refractivity contribution is 0.474. The Hall–Kier alpha value is -1.76. The number of benzene rings is 2. The lowest BCUT2D eigenvalue weighted by atomic mass is 9.78. The average Bonchev–Trinajstić information content (AvgIpc) is 2.36. The Balaban J connectivity index is 2.54. The van der Waals surface area contributed by atoms with Gasteiger partial charge in [-0.05, 0) is 23.2 Å². The fraction of sp³-hybridized carbons (Fsp3) is 0.200. The van der Waals surface area contributed by atoms with Gasteiger partial charge in [-0.15, -0.1) is 0 Å². The van der Waals surface area contributed by atoms with Gasteiger partial charge in [0.05, 0.1) is 2.74 Å². The van der Waals surface area contributed by atoms with Gasteiger partial charge in [-0.25, -0.2) is 0 Å². The Morgan fingerprint density at radius 2 is 1.44 bits per heavy atom. The number of phenols is 1. The fourth-order valence-corrected chi connectivity index (χ4v) is 1.76. The molecule has 0 aromatic heterocycles. The summed E-state index contributed by atoms with van der Waals surface area (Å²) in [6.45, 7) is 4.10. The van der Waals surface area contributed by atoms with Gasteiger partial charge in [0, 0.05) is 5.41 Å². The quantitative estimate of drug-likeness (QED) is 0.807. The van der Waals surface area contributed by atoms with E-state index in [4.69, 9.17) is 2.74 Å². The van der Waals surface area contributed by atoms with Gasteiger partial charge in [-0.1, -0.05) is 56.3 Å². The number of phenolic OH excluding ortho intramolecular Hbond substituents is 1. The molecular formula is C15H16O. The van der Waals surface area contributed by atoms with Gasteiger partial charge in [-0.3, -0.25) is 0 Å². The summed E-state index contributed by atoms with van der Waals surface area (Å²) in [5, 5.41) is 9.49. The predicted molar refractivity (Wildman–Crippen MR) is 66.7 cm³/mol. The molecule has 0 unspecified atom stereocenters. The van der Waals surface area contributed by atoms with Gasteiger partial charge in [0.25, 0.3) is 0 Å². The summed E-state index contributed by atoms with van der Waals surface area (Å²) in [5.41, 5.74) is 1.69. The minimum Gasteiger partial charge on any atom is -0.508 e. The Labute approximate surface area is 99.2 Å². The van der Waals surface area contributed by atoms with Gasteiger partial charge >= 0.3 is 0 Å². The minimum atomic E-state index is -0.291. The molecule has 0 spiro atoms. The second-order valence-corrected chi connectivity index (χ2v) is 4.37. The zero-order chi connectivity index (χ0) is 13.3. The van der Waals surface area contributed by atoms with E-state index in [9.17, 15) is 5.11 Å². The lowest BCUT2D eigenvalue weighted by Gasteiger charge is -2.26. The van der Waals surface area contributed by atoms with Gasteiger partial charge < -0.3 is 5.11 Å². The monoisotopic (exact) mass is 214 g/mol. The topological polar surface area (TPSA) is 20.2 Å². The minimum absolute atomic E-state index is 0.00139. The van der Waals surface area contributed by atoms with Crippen molar-refractivity contribution in [2.24, 2.45) is 0 Å². The summed E-state index contributed by atoms with van der Waals surface area (Å²) < 4.78 is 15.3. The molecular weight excluding hydrogens is 196 g/mol. The molecule has 1 nitrogen and oxygen atoms in total. The number of rotatable bonds is 2. The standard InChI is InChI=1S/C15H16O/c1-15(2,12-6-4-3-5-7-12)13-8-10-14(16)11-9-13/h3-11,16H,1-2H3/i10D,11D. The first-order valence-electron chi connectivity index (χ1n) is 6.29. The molecule has 0 aliphatic rings. The van der Waals surface area contributed by atoms with Crippen molar-refractivity contribution in [1.82, 2.24) is 0 Å². The Morgan fingerprint density at radius 3 is 2.00 bits per heavy atom. The summed E-state index contributed by atoms with van der Waals surface area (Å²) in [6, 6.07) is 13.2.